The fourth-order valence-electron chi connectivity index (χ4n) is 8.36. The zero-order chi connectivity index (χ0) is 30.4. The number of rotatable bonds is 12. The van der Waals surface area contributed by atoms with Crippen LogP contribution in [0.4, 0.5) is 0 Å². The average Bonchev–Trinajstić information content (AvgIpc) is 3.29. The number of esters is 3. The van der Waals surface area contributed by atoms with Gasteiger partial charge in [-0.05, 0) is 82.4 Å². The Balaban J connectivity index is 1.30. The maximum absolute atomic E-state index is 12.9. The summed E-state index contributed by atoms with van der Waals surface area (Å²) in [5, 5.41) is 12.8. The van der Waals surface area contributed by atoms with Crippen molar-refractivity contribution in [1.82, 2.24) is 4.90 Å². The van der Waals surface area contributed by atoms with Crippen LogP contribution in [0.1, 0.15) is 95.1 Å². The summed E-state index contributed by atoms with van der Waals surface area (Å²) in [5.41, 5.74) is 0.0747. The maximum atomic E-state index is 12.9. The number of Topliss-reactive ketones (excluding diaryl/α,β-unsaturated/α-hetero) is 1. The van der Waals surface area contributed by atoms with Crippen molar-refractivity contribution in [3.8, 4) is 11.5 Å². The van der Waals surface area contributed by atoms with E-state index in [0.29, 0.717) is 62.4 Å². The minimum Gasteiger partial charge on any atom is -0.481 e. The normalized spacial score (nSPS) is 30.4. The third-order valence-electron chi connectivity index (χ3n) is 10.6. The molecule has 1 spiro atoms. The quantitative estimate of drug-likeness (QED) is 0.282. The van der Waals surface area contributed by atoms with E-state index >= 15 is 0 Å². The molecule has 2 saturated carbocycles. The van der Waals surface area contributed by atoms with Gasteiger partial charge < -0.3 is 28.8 Å². The number of ketones is 1. The second-order valence-corrected chi connectivity index (χ2v) is 13.1. The lowest BCUT2D eigenvalue weighted by Crippen LogP contribution is -2.77. The SMILES string of the molecule is COC(=O)CCCC(=O)O[C@H]1CC[C@@]2(O)[C@H]3Cc4ccc(OC(=O)CCCC(C)=O)c5c4[C@@]2(CCN3CC2CCC2)[C@H]1O5. The van der Waals surface area contributed by atoms with Gasteiger partial charge in [-0.2, -0.15) is 0 Å². The summed E-state index contributed by atoms with van der Waals surface area (Å²) in [6.07, 6.45) is 6.10. The van der Waals surface area contributed by atoms with Crippen LogP contribution in [0.3, 0.4) is 0 Å². The molecular weight excluding hydrogens is 554 g/mol. The standard InChI is InChI=1S/C33H43NO9/c1-20(35)6-3-10-27(37)41-23-13-12-22-18-25-33(39)15-14-24(42-28(38)11-5-9-26(36)40-2)31-32(33,29(22)30(23)43-31)16-17-34(25)19-21-7-4-8-21/h12-13,21,24-25,31,39H,3-11,14-19H2,1-2H3/t24-,25+,31-,32-,33+/m0/s1. The highest BCUT2D eigenvalue weighted by atomic mass is 16.6. The second kappa shape index (κ2) is 11.8. The molecule has 0 amide bonds. The molecule has 234 valence electrons. The number of hydrogen-bond donors (Lipinski definition) is 1. The van der Waals surface area contributed by atoms with Crippen LogP contribution in [0.2, 0.25) is 0 Å². The molecule has 43 heavy (non-hydrogen) atoms. The van der Waals surface area contributed by atoms with Crippen LogP contribution in [0.5, 0.6) is 11.5 Å². The fraction of sp³-hybridized carbons (Fsp3) is 0.697. The monoisotopic (exact) mass is 597 g/mol. The molecule has 1 N–H and O–H groups in total. The predicted molar refractivity (Wildman–Crippen MR) is 154 cm³/mol. The van der Waals surface area contributed by atoms with Gasteiger partial charge in [0, 0.05) is 43.8 Å². The van der Waals surface area contributed by atoms with Crippen LogP contribution >= 0.6 is 0 Å². The molecule has 1 aromatic rings. The molecule has 3 fully saturated rings. The van der Waals surface area contributed by atoms with Gasteiger partial charge in [-0.25, -0.2) is 0 Å². The van der Waals surface area contributed by atoms with Crippen LogP contribution in [0.25, 0.3) is 0 Å². The molecule has 10 heteroatoms. The van der Waals surface area contributed by atoms with E-state index in [2.05, 4.69) is 9.64 Å². The molecule has 10 nitrogen and oxygen atoms in total. The number of aliphatic hydroxyl groups is 1. The molecule has 2 heterocycles. The number of carbonyl (C=O) groups is 4. The molecule has 2 aliphatic heterocycles. The summed E-state index contributed by atoms with van der Waals surface area (Å²) in [6, 6.07) is 3.68. The Morgan fingerprint density at radius 1 is 1.00 bits per heavy atom. The van der Waals surface area contributed by atoms with Crippen LogP contribution in [0.15, 0.2) is 12.1 Å². The third kappa shape index (κ3) is 5.24. The largest absolute Gasteiger partial charge is 0.481 e. The zero-order valence-electron chi connectivity index (χ0n) is 25.2. The Bertz CT molecular complexity index is 1290. The summed E-state index contributed by atoms with van der Waals surface area (Å²) >= 11 is 0. The number of piperidine rings is 1. The van der Waals surface area contributed by atoms with E-state index in [0.717, 1.165) is 24.2 Å². The van der Waals surface area contributed by atoms with Gasteiger partial charge in [0.2, 0.25) is 0 Å². The van der Waals surface area contributed by atoms with Crippen LogP contribution < -0.4 is 9.47 Å². The van der Waals surface area contributed by atoms with Crippen LogP contribution in [0, 0.1) is 5.92 Å². The number of ether oxygens (including phenoxy) is 4. The number of hydrogen-bond acceptors (Lipinski definition) is 10. The van der Waals surface area contributed by atoms with Crippen molar-refractivity contribution >= 4 is 23.7 Å². The van der Waals surface area contributed by atoms with Crippen molar-refractivity contribution in [2.24, 2.45) is 5.92 Å². The average molecular weight is 598 g/mol. The Kier molecular flexibility index (Phi) is 8.28. The molecule has 0 radical (unpaired) electrons. The third-order valence-corrected chi connectivity index (χ3v) is 10.6. The highest BCUT2D eigenvalue weighted by Gasteiger charge is 2.73. The molecule has 1 aromatic carbocycles. The van der Waals surface area contributed by atoms with Crippen LogP contribution in [-0.2, 0) is 40.5 Å². The predicted octanol–water partition coefficient (Wildman–Crippen LogP) is 3.56. The fourth-order valence-corrected chi connectivity index (χ4v) is 8.36. The minimum absolute atomic E-state index is 0.0232. The zero-order valence-corrected chi connectivity index (χ0v) is 25.2. The van der Waals surface area contributed by atoms with E-state index < -0.39 is 35.2 Å². The van der Waals surface area contributed by atoms with Gasteiger partial charge >= 0.3 is 17.9 Å². The minimum atomic E-state index is -1.09. The lowest BCUT2D eigenvalue weighted by Gasteiger charge is -2.64. The summed E-state index contributed by atoms with van der Waals surface area (Å²) in [7, 11) is 1.32. The van der Waals surface area contributed by atoms with Crippen LogP contribution in [-0.4, -0.2) is 77.7 Å². The van der Waals surface area contributed by atoms with Crippen molar-refractivity contribution in [1.29, 1.82) is 0 Å². The van der Waals surface area contributed by atoms with E-state index in [4.69, 9.17) is 14.2 Å². The topological polar surface area (TPSA) is 129 Å². The highest BCUT2D eigenvalue weighted by Crippen LogP contribution is 2.66. The molecule has 0 unspecified atom stereocenters. The summed E-state index contributed by atoms with van der Waals surface area (Å²) < 4.78 is 23.2. The van der Waals surface area contributed by atoms with Gasteiger partial charge in [0.1, 0.15) is 18.0 Å². The molecule has 6 rings (SSSR count). The second-order valence-electron chi connectivity index (χ2n) is 13.1. The first kappa shape index (κ1) is 30.1. The number of nitrogens with zero attached hydrogens (tertiary/aromatic N) is 1. The van der Waals surface area contributed by atoms with Crippen molar-refractivity contribution < 1.29 is 43.2 Å². The van der Waals surface area contributed by atoms with Crippen molar-refractivity contribution in [3.63, 3.8) is 0 Å². The first-order chi connectivity index (χ1) is 20.7. The first-order valence-corrected chi connectivity index (χ1v) is 15.9. The number of likely N-dealkylation sites (tertiary alicyclic amines) is 1. The van der Waals surface area contributed by atoms with E-state index in [1.165, 1.54) is 33.3 Å². The number of methoxy groups -OCH3 is 1. The number of carbonyl (C=O) groups excluding carboxylic acids is 4. The van der Waals surface area contributed by atoms with Gasteiger partial charge in [0.25, 0.3) is 0 Å². The van der Waals surface area contributed by atoms with E-state index in [9.17, 15) is 24.3 Å². The molecule has 1 saturated heterocycles. The van der Waals surface area contributed by atoms with Gasteiger partial charge in [0.15, 0.2) is 11.5 Å². The van der Waals surface area contributed by atoms with Crippen molar-refractivity contribution in [3.05, 3.63) is 23.3 Å². The smallest absolute Gasteiger partial charge is 0.311 e. The maximum Gasteiger partial charge on any atom is 0.311 e. The van der Waals surface area contributed by atoms with E-state index in [1.54, 1.807) is 6.07 Å². The molecule has 5 aliphatic rings. The van der Waals surface area contributed by atoms with Gasteiger partial charge in [-0.3, -0.25) is 19.3 Å². The molecule has 0 aromatic heterocycles. The Morgan fingerprint density at radius 2 is 1.74 bits per heavy atom. The van der Waals surface area contributed by atoms with E-state index in [1.807, 2.05) is 6.07 Å². The highest BCUT2D eigenvalue weighted by molar-refractivity contribution is 5.78. The van der Waals surface area contributed by atoms with E-state index in [-0.39, 0.29) is 37.1 Å². The summed E-state index contributed by atoms with van der Waals surface area (Å²) in [5.74, 6) is 0.217. The Labute approximate surface area is 252 Å². The molecule has 5 atom stereocenters. The van der Waals surface area contributed by atoms with Gasteiger partial charge in [-0.1, -0.05) is 12.5 Å². The Morgan fingerprint density at radius 3 is 2.47 bits per heavy atom. The lowest BCUT2D eigenvalue weighted by atomic mass is 9.48. The van der Waals surface area contributed by atoms with Crippen molar-refractivity contribution in [2.75, 3.05) is 20.2 Å². The van der Waals surface area contributed by atoms with Crippen molar-refractivity contribution in [2.45, 2.75) is 120 Å². The lowest BCUT2D eigenvalue weighted by molar-refractivity contribution is -0.217. The molecule has 2 bridgehead atoms. The summed E-state index contributed by atoms with van der Waals surface area (Å²) in [6.45, 7) is 3.28. The number of benzene rings is 1. The summed E-state index contributed by atoms with van der Waals surface area (Å²) in [4.78, 5) is 51.0. The first-order valence-electron chi connectivity index (χ1n) is 15.9. The van der Waals surface area contributed by atoms with Gasteiger partial charge in [0.05, 0.1) is 18.1 Å². The molecular formula is C33H43NO9. The Hall–Kier alpha value is -2.98. The molecule has 3 aliphatic carbocycles. The van der Waals surface area contributed by atoms with Gasteiger partial charge in [-0.15, -0.1) is 0 Å².